The summed E-state index contributed by atoms with van der Waals surface area (Å²) in [7, 11) is 0. The number of hydrogen-bond acceptors (Lipinski definition) is 2. The number of hydrogen-bond donors (Lipinski definition) is 1. The Kier molecular flexibility index (Phi) is 4.08. The van der Waals surface area contributed by atoms with Crippen LogP contribution >= 0.6 is 54.8 Å². The van der Waals surface area contributed by atoms with Gasteiger partial charge < -0.3 is 5.11 Å². The first-order valence-corrected chi connectivity index (χ1v) is 7.24. The maximum Gasteiger partial charge on any atom is 0.114 e. The maximum absolute atomic E-state index is 10.2. The highest BCUT2D eigenvalue weighted by molar-refractivity contribution is 9.11. The molecule has 0 aliphatic carbocycles. The summed E-state index contributed by atoms with van der Waals surface area (Å²) in [6.45, 7) is 0. The van der Waals surface area contributed by atoms with Crippen LogP contribution in [-0.4, -0.2) is 5.11 Å². The normalized spacial score (nSPS) is 12.8. The van der Waals surface area contributed by atoms with Crippen molar-refractivity contribution in [3.63, 3.8) is 0 Å². The fourth-order valence-electron chi connectivity index (χ4n) is 1.35. The van der Waals surface area contributed by atoms with Gasteiger partial charge in [-0.15, -0.1) is 11.3 Å². The summed E-state index contributed by atoms with van der Waals surface area (Å²) in [5, 5.41) is 10.2. The molecular formula is C11H7Br2ClOS. The first kappa shape index (κ1) is 12.6. The van der Waals surface area contributed by atoms with Crippen LogP contribution in [0.3, 0.4) is 0 Å². The van der Waals surface area contributed by atoms with E-state index in [1.807, 2.05) is 24.3 Å². The molecule has 0 amide bonds. The van der Waals surface area contributed by atoms with Gasteiger partial charge in [-0.05, 0) is 30.3 Å². The molecule has 84 valence electrons. The highest BCUT2D eigenvalue weighted by atomic mass is 79.9. The van der Waals surface area contributed by atoms with Gasteiger partial charge in [-0.25, -0.2) is 0 Å². The number of aliphatic hydroxyl groups is 1. The van der Waals surface area contributed by atoms with Crippen molar-refractivity contribution >= 4 is 54.8 Å². The lowest BCUT2D eigenvalue weighted by Crippen LogP contribution is -1.98. The van der Waals surface area contributed by atoms with E-state index in [0.717, 1.165) is 19.4 Å². The van der Waals surface area contributed by atoms with Gasteiger partial charge in [0.2, 0.25) is 0 Å². The molecule has 1 aromatic carbocycles. The predicted molar refractivity (Wildman–Crippen MR) is 75.2 cm³/mol. The summed E-state index contributed by atoms with van der Waals surface area (Å²) < 4.78 is 2.50. The van der Waals surface area contributed by atoms with Crippen molar-refractivity contribution in [2.75, 3.05) is 0 Å². The van der Waals surface area contributed by atoms with E-state index >= 15 is 0 Å². The molecule has 1 atom stereocenters. The largest absolute Gasteiger partial charge is 0.383 e. The van der Waals surface area contributed by atoms with E-state index in [0.29, 0.717) is 4.34 Å². The smallest absolute Gasteiger partial charge is 0.114 e. The van der Waals surface area contributed by atoms with Crippen molar-refractivity contribution in [3.05, 3.63) is 54.1 Å². The second-order valence-electron chi connectivity index (χ2n) is 3.21. The first-order chi connectivity index (χ1) is 7.58. The summed E-state index contributed by atoms with van der Waals surface area (Å²) in [5.74, 6) is 0. The minimum absolute atomic E-state index is 0.649. The Labute approximate surface area is 119 Å². The standard InChI is InChI=1S/C11H7Br2ClOS/c12-6-1-2-8(13)7(5-6)11(15)9-3-4-10(14)16-9/h1-5,11,15H. The molecule has 1 N–H and O–H groups in total. The molecule has 0 saturated heterocycles. The average molecular weight is 383 g/mol. The van der Waals surface area contributed by atoms with Crippen LogP contribution in [0.2, 0.25) is 4.34 Å². The molecule has 2 aromatic rings. The summed E-state index contributed by atoms with van der Waals surface area (Å²) in [4.78, 5) is 0.837. The Hall–Kier alpha value is 0.130. The van der Waals surface area contributed by atoms with Crippen LogP contribution in [0.4, 0.5) is 0 Å². The van der Waals surface area contributed by atoms with Gasteiger partial charge in [0, 0.05) is 19.4 Å². The Morgan fingerprint density at radius 1 is 1.19 bits per heavy atom. The van der Waals surface area contributed by atoms with E-state index in [1.54, 1.807) is 6.07 Å². The molecule has 2 rings (SSSR count). The predicted octanol–water partition coefficient (Wildman–Crippen LogP) is 5.01. The quantitative estimate of drug-likeness (QED) is 0.774. The summed E-state index contributed by atoms with van der Waals surface area (Å²) in [6, 6.07) is 9.34. The van der Waals surface area contributed by atoms with Gasteiger partial charge >= 0.3 is 0 Å². The molecule has 1 aromatic heterocycles. The number of halogens is 3. The summed E-state index contributed by atoms with van der Waals surface area (Å²) in [5.41, 5.74) is 0.827. The molecule has 0 radical (unpaired) electrons. The molecule has 16 heavy (non-hydrogen) atoms. The second kappa shape index (κ2) is 5.19. The molecule has 1 heterocycles. The van der Waals surface area contributed by atoms with Crippen molar-refractivity contribution in [2.45, 2.75) is 6.10 Å². The van der Waals surface area contributed by atoms with Crippen molar-refractivity contribution < 1.29 is 5.11 Å². The number of rotatable bonds is 2. The molecule has 0 aliphatic rings. The van der Waals surface area contributed by atoms with Crippen LogP contribution < -0.4 is 0 Å². The number of aliphatic hydroxyl groups excluding tert-OH is 1. The average Bonchev–Trinajstić information content (AvgIpc) is 2.67. The van der Waals surface area contributed by atoms with Crippen molar-refractivity contribution in [2.24, 2.45) is 0 Å². The molecular weight excluding hydrogens is 375 g/mol. The number of thiophene rings is 1. The summed E-state index contributed by atoms with van der Waals surface area (Å²) in [6.07, 6.45) is -0.649. The van der Waals surface area contributed by atoms with E-state index in [1.165, 1.54) is 11.3 Å². The van der Waals surface area contributed by atoms with E-state index in [9.17, 15) is 5.11 Å². The zero-order valence-corrected chi connectivity index (χ0v) is 12.7. The second-order valence-corrected chi connectivity index (χ2v) is 6.73. The monoisotopic (exact) mass is 380 g/mol. The van der Waals surface area contributed by atoms with Gasteiger partial charge in [-0.2, -0.15) is 0 Å². The lowest BCUT2D eigenvalue weighted by molar-refractivity contribution is 0.223. The minimum atomic E-state index is -0.649. The van der Waals surface area contributed by atoms with E-state index < -0.39 is 6.10 Å². The lowest BCUT2D eigenvalue weighted by Gasteiger charge is -2.11. The Balaban J connectivity index is 2.40. The third-order valence-electron chi connectivity index (χ3n) is 2.12. The van der Waals surface area contributed by atoms with Gasteiger partial charge in [0.15, 0.2) is 0 Å². The SMILES string of the molecule is OC(c1ccc(Cl)s1)c1cc(Br)ccc1Br. The Bertz CT molecular complexity index is 512. The molecule has 1 unspecified atom stereocenters. The maximum atomic E-state index is 10.2. The lowest BCUT2D eigenvalue weighted by atomic mass is 10.1. The molecule has 0 spiro atoms. The zero-order valence-electron chi connectivity index (χ0n) is 7.95. The van der Waals surface area contributed by atoms with Gasteiger partial charge in [-0.3, -0.25) is 0 Å². The molecule has 0 aliphatic heterocycles. The molecule has 1 nitrogen and oxygen atoms in total. The van der Waals surface area contributed by atoms with Gasteiger partial charge in [0.25, 0.3) is 0 Å². The fourth-order valence-corrected chi connectivity index (χ4v) is 3.26. The van der Waals surface area contributed by atoms with Crippen LogP contribution in [0.5, 0.6) is 0 Å². The molecule has 0 fully saturated rings. The minimum Gasteiger partial charge on any atom is -0.383 e. The Morgan fingerprint density at radius 3 is 2.56 bits per heavy atom. The van der Waals surface area contributed by atoms with Crippen LogP contribution in [0.15, 0.2) is 39.3 Å². The van der Waals surface area contributed by atoms with Crippen LogP contribution in [-0.2, 0) is 0 Å². The van der Waals surface area contributed by atoms with Gasteiger partial charge in [-0.1, -0.05) is 43.5 Å². The van der Waals surface area contributed by atoms with Crippen LogP contribution in [0.1, 0.15) is 16.5 Å². The van der Waals surface area contributed by atoms with Crippen LogP contribution in [0.25, 0.3) is 0 Å². The third-order valence-corrected chi connectivity index (χ3v) is 4.62. The fraction of sp³-hybridized carbons (Fsp3) is 0.0909. The van der Waals surface area contributed by atoms with E-state index in [2.05, 4.69) is 31.9 Å². The van der Waals surface area contributed by atoms with Crippen LogP contribution in [0, 0.1) is 0 Å². The van der Waals surface area contributed by atoms with Crippen molar-refractivity contribution in [3.8, 4) is 0 Å². The highest BCUT2D eigenvalue weighted by Crippen LogP contribution is 2.35. The number of benzene rings is 1. The highest BCUT2D eigenvalue weighted by Gasteiger charge is 2.15. The van der Waals surface area contributed by atoms with E-state index in [-0.39, 0.29) is 0 Å². The topological polar surface area (TPSA) is 20.2 Å². The first-order valence-electron chi connectivity index (χ1n) is 4.46. The summed E-state index contributed by atoms with van der Waals surface area (Å²) >= 11 is 14.0. The van der Waals surface area contributed by atoms with Gasteiger partial charge in [0.05, 0.1) is 4.34 Å². The molecule has 0 saturated carbocycles. The molecule has 0 bridgehead atoms. The van der Waals surface area contributed by atoms with E-state index in [4.69, 9.17) is 11.6 Å². The Morgan fingerprint density at radius 2 is 1.94 bits per heavy atom. The van der Waals surface area contributed by atoms with Crippen molar-refractivity contribution in [1.82, 2.24) is 0 Å². The zero-order chi connectivity index (χ0) is 11.7. The third kappa shape index (κ3) is 2.68. The molecule has 5 heteroatoms. The van der Waals surface area contributed by atoms with Crippen molar-refractivity contribution in [1.29, 1.82) is 0 Å². The van der Waals surface area contributed by atoms with Gasteiger partial charge in [0.1, 0.15) is 6.10 Å².